The molecule has 0 radical (unpaired) electrons. The number of nitrogens with one attached hydrogen (secondary N) is 1. The lowest BCUT2D eigenvalue weighted by atomic mass is 10.1. The second kappa shape index (κ2) is 5.62. The van der Waals surface area contributed by atoms with E-state index in [0.29, 0.717) is 17.3 Å². The Kier molecular flexibility index (Phi) is 3.68. The van der Waals surface area contributed by atoms with Crippen molar-refractivity contribution < 1.29 is 9.18 Å². The van der Waals surface area contributed by atoms with E-state index in [1.54, 1.807) is 24.4 Å². The van der Waals surface area contributed by atoms with Crippen LogP contribution >= 0.6 is 11.8 Å². The van der Waals surface area contributed by atoms with Gasteiger partial charge in [0.25, 0.3) is 0 Å². The predicted molar refractivity (Wildman–Crippen MR) is 74.0 cm³/mol. The van der Waals surface area contributed by atoms with Crippen molar-refractivity contribution in [2.45, 2.75) is 23.1 Å². The Balaban J connectivity index is 1.80. The van der Waals surface area contributed by atoms with Gasteiger partial charge in [0.05, 0.1) is 17.1 Å². The molecule has 1 aliphatic rings. The zero-order valence-electron chi connectivity index (χ0n) is 10.6. The summed E-state index contributed by atoms with van der Waals surface area (Å²) in [5.74, 6) is -0.442. The summed E-state index contributed by atoms with van der Waals surface area (Å²) in [6.45, 7) is 0.551. The Morgan fingerprint density at radius 3 is 3.00 bits per heavy atom. The molecule has 1 aliphatic heterocycles. The average Bonchev–Trinajstić information content (AvgIpc) is 2.95. The van der Waals surface area contributed by atoms with Crippen LogP contribution in [0.25, 0.3) is 0 Å². The fourth-order valence-corrected chi connectivity index (χ4v) is 3.27. The summed E-state index contributed by atoms with van der Waals surface area (Å²) in [6.07, 6.45) is 3.19. The number of piperidine rings is 1. The van der Waals surface area contributed by atoms with E-state index in [1.807, 2.05) is 0 Å². The number of rotatable bonds is 3. The van der Waals surface area contributed by atoms with Crippen LogP contribution in [0.1, 0.15) is 12.8 Å². The molecule has 5 nitrogen and oxygen atoms in total. The number of hydrogen-bond acceptors (Lipinski definition) is 4. The highest BCUT2D eigenvalue weighted by molar-refractivity contribution is 8.00. The number of halogens is 1. The maximum absolute atomic E-state index is 13.8. The maximum Gasteiger partial charge on any atom is 0.240 e. The minimum atomic E-state index is -0.368. The molecule has 1 N–H and O–H groups in total. The van der Waals surface area contributed by atoms with E-state index >= 15 is 0 Å². The number of para-hydroxylation sites is 1. The van der Waals surface area contributed by atoms with Crippen molar-refractivity contribution in [3.8, 4) is 0 Å². The number of benzene rings is 1. The number of nitrogens with zero attached hydrogens (tertiary/aromatic N) is 3. The number of hydrogen-bond donors (Lipinski definition) is 1. The molecule has 20 heavy (non-hydrogen) atoms. The predicted octanol–water partition coefficient (Wildman–Crippen LogP) is 2.23. The molecule has 1 fully saturated rings. The number of aromatic amines is 1. The van der Waals surface area contributed by atoms with Crippen LogP contribution in [-0.4, -0.2) is 33.1 Å². The second-order valence-corrected chi connectivity index (χ2v) is 5.72. The molecule has 0 spiro atoms. The smallest absolute Gasteiger partial charge is 0.240 e. The van der Waals surface area contributed by atoms with Crippen molar-refractivity contribution in [3.05, 3.63) is 36.3 Å². The molecular formula is C13H13FN4OS. The Morgan fingerprint density at radius 1 is 1.40 bits per heavy atom. The van der Waals surface area contributed by atoms with Crippen LogP contribution in [-0.2, 0) is 4.79 Å². The molecule has 2 aromatic rings. The first kappa shape index (κ1) is 13.1. The molecule has 3 rings (SSSR count). The van der Waals surface area contributed by atoms with Crippen LogP contribution < -0.4 is 4.90 Å². The van der Waals surface area contributed by atoms with Crippen molar-refractivity contribution in [3.63, 3.8) is 0 Å². The summed E-state index contributed by atoms with van der Waals surface area (Å²) in [4.78, 5) is 14.0. The Hall–Kier alpha value is -1.89. The molecule has 0 saturated carbocycles. The summed E-state index contributed by atoms with van der Waals surface area (Å²) in [5.41, 5.74) is 0.350. The number of carbonyl (C=O) groups excluding carboxylic acids is 1. The second-order valence-electron chi connectivity index (χ2n) is 4.50. The van der Waals surface area contributed by atoms with Gasteiger partial charge >= 0.3 is 0 Å². The quantitative estimate of drug-likeness (QED) is 0.942. The van der Waals surface area contributed by atoms with Gasteiger partial charge < -0.3 is 4.90 Å². The maximum atomic E-state index is 13.8. The first-order chi connectivity index (χ1) is 9.75. The number of H-pyrrole nitrogens is 1. The third-order valence-electron chi connectivity index (χ3n) is 3.19. The van der Waals surface area contributed by atoms with Gasteiger partial charge in [0.2, 0.25) is 5.91 Å². The van der Waals surface area contributed by atoms with Crippen molar-refractivity contribution in [1.29, 1.82) is 0 Å². The van der Waals surface area contributed by atoms with Crippen molar-refractivity contribution in [1.82, 2.24) is 15.4 Å². The van der Waals surface area contributed by atoms with Gasteiger partial charge in [-0.1, -0.05) is 23.9 Å². The summed E-state index contributed by atoms with van der Waals surface area (Å²) >= 11 is 1.37. The molecule has 0 unspecified atom stereocenters. The zero-order valence-corrected chi connectivity index (χ0v) is 11.4. The van der Waals surface area contributed by atoms with Crippen LogP contribution in [0.15, 0.2) is 35.5 Å². The fraction of sp³-hybridized carbons (Fsp3) is 0.308. The normalized spacial score (nSPS) is 19.4. The van der Waals surface area contributed by atoms with Gasteiger partial charge in [0.15, 0.2) is 0 Å². The van der Waals surface area contributed by atoms with Gasteiger partial charge in [0.1, 0.15) is 10.8 Å². The van der Waals surface area contributed by atoms with Crippen LogP contribution in [0.4, 0.5) is 10.1 Å². The number of carbonyl (C=O) groups is 1. The molecule has 1 aromatic carbocycles. The Bertz CT molecular complexity index is 604. The molecule has 104 valence electrons. The fourth-order valence-electron chi connectivity index (χ4n) is 2.26. The van der Waals surface area contributed by atoms with Gasteiger partial charge in [-0.15, -0.1) is 5.10 Å². The lowest BCUT2D eigenvalue weighted by Crippen LogP contribution is -2.43. The first-order valence-corrected chi connectivity index (χ1v) is 7.22. The standard InChI is InChI=1S/C13H13FN4OS/c14-9-4-1-2-5-10(9)18-7-3-6-11(13(18)19)20-12-8-15-17-16-12/h1-2,4-5,8,11H,3,6-7H2,(H,15,16,17)/t11-/m1/s1. The van der Waals surface area contributed by atoms with Crippen molar-refractivity contribution in [2.24, 2.45) is 0 Å². The number of anilines is 1. The van der Waals surface area contributed by atoms with Gasteiger partial charge in [-0.05, 0) is 25.0 Å². The zero-order chi connectivity index (χ0) is 13.9. The number of amides is 1. The van der Waals surface area contributed by atoms with Crippen LogP contribution in [0.5, 0.6) is 0 Å². The van der Waals surface area contributed by atoms with Gasteiger partial charge in [-0.25, -0.2) is 4.39 Å². The van der Waals surface area contributed by atoms with Crippen molar-refractivity contribution >= 4 is 23.4 Å². The highest BCUT2D eigenvalue weighted by Crippen LogP contribution is 2.31. The van der Waals surface area contributed by atoms with E-state index in [2.05, 4.69) is 15.4 Å². The number of thioether (sulfide) groups is 1. The first-order valence-electron chi connectivity index (χ1n) is 6.34. The highest BCUT2D eigenvalue weighted by atomic mass is 32.2. The van der Waals surface area contributed by atoms with Crippen LogP contribution in [0.3, 0.4) is 0 Å². The van der Waals surface area contributed by atoms with E-state index in [0.717, 1.165) is 12.8 Å². The largest absolute Gasteiger partial charge is 0.309 e. The Morgan fingerprint density at radius 2 is 2.25 bits per heavy atom. The molecule has 7 heteroatoms. The minimum Gasteiger partial charge on any atom is -0.309 e. The molecule has 2 heterocycles. The van der Waals surface area contributed by atoms with Gasteiger partial charge in [0, 0.05) is 6.54 Å². The summed E-state index contributed by atoms with van der Waals surface area (Å²) in [5, 5.41) is 10.6. The molecule has 0 bridgehead atoms. The molecule has 1 saturated heterocycles. The lowest BCUT2D eigenvalue weighted by Gasteiger charge is -2.31. The van der Waals surface area contributed by atoms with Gasteiger partial charge in [-0.3, -0.25) is 4.79 Å². The monoisotopic (exact) mass is 292 g/mol. The number of aromatic nitrogens is 3. The van der Waals surface area contributed by atoms with E-state index in [9.17, 15) is 9.18 Å². The SMILES string of the molecule is O=C1[C@H](Sc2cn[nH]n2)CCCN1c1ccccc1F. The Labute approximate surface area is 119 Å². The summed E-state index contributed by atoms with van der Waals surface area (Å²) in [6, 6.07) is 6.36. The molecule has 1 aromatic heterocycles. The summed E-state index contributed by atoms with van der Waals surface area (Å²) < 4.78 is 13.8. The van der Waals surface area contributed by atoms with Crippen LogP contribution in [0, 0.1) is 5.82 Å². The van der Waals surface area contributed by atoms with Gasteiger partial charge in [-0.2, -0.15) is 10.3 Å². The summed E-state index contributed by atoms with van der Waals surface area (Å²) in [7, 11) is 0. The molecule has 1 atom stereocenters. The lowest BCUT2D eigenvalue weighted by molar-refractivity contribution is -0.119. The average molecular weight is 292 g/mol. The highest BCUT2D eigenvalue weighted by Gasteiger charge is 2.32. The van der Waals surface area contributed by atoms with E-state index in [4.69, 9.17) is 0 Å². The molecule has 1 amide bonds. The van der Waals surface area contributed by atoms with E-state index < -0.39 is 0 Å². The van der Waals surface area contributed by atoms with Crippen LogP contribution in [0.2, 0.25) is 0 Å². The van der Waals surface area contributed by atoms with Crippen molar-refractivity contribution in [2.75, 3.05) is 11.4 Å². The molecule has 0 aliphatic carbocycles. The topological polar surface area (TPSA) is 61.9 Å². The van der Waals surface area contributed by atoms with E-state index in [-0.39, 0.29) is 17.0 Å². The minimum absolute atomic E-state index is 0.0747. The third-order valence-corrected chi connectivity index (χ3v) is 4.35. The molecular weight excluding hydrogens is 279 g/mol. The van der Waals surface area contributed by atoms with E-state index in [1.165, 1.54) is 22.7 Å². The third kappa shape index (κ3) is 2.53.